The second-order valence-corrected chi connectivity index (χ2v) is 11.2. The van der Waals surface area contributed by atoms with Crippen molar-refractivity contribution in [2.24, 2.45) is 0 Å². The van der Waals surface area contributed by atoms with Crippen molar-refractivity contribution in [2.45, 2.75) is 25.9 Å². The zero-order valence-electron chi connectivity index (χ0n) is 23.8. The predicted octanol–water partition coefficient (Wildman–Crippen LogP) is 3.96. The number of hydrogen-bond acceptors (Lipinski definition) is 7. The van der Waals surface area contributed by atoms with Crippen molar-refractivity contribution in [1.29, 1.82) is 0 Å². The molecule has 214 valence electrons. The number of methoxy groups -OCH3 is 1. The van der Waals surface area contributed by atoms with Crippen LogP contribution in [0, 0.1) is 6.92 Å². The molecule has 3 aliphatic heterocycles. The Morgan fingerprint density at radius 3 is 2.17 bits per heavy atom. The fraction of sp³-hybridized carbons (Fsp3) is 0.375. The van der Waals surface area contributed by atoms with Crippen LogP contribution in [0.4, 0.5) is 27.5 Å². The number of piperazine rings is 1. The van der Waals surface area contributed by atoms with E-state index in [0.717, 1.165) is 67.5 Å². The lowest BCUT2D eigenvalue weighted by atomic mass is 10.0. The standard InChI is InChI=1S/C32H38N6O3/c1-23-19-27(34-15-17-35(18-16-34)28-21-36(22-28)26-7-5-25(33)6-8-26)9-12-30(23)37-14-13-31(39)38(32(37)40)20-24-3-10-29(41-2)11-4-24/h3-12,19,28H,13-18,20-22,33H2,1-2H3. The van der Waals surface area contributed by atoms with E-state index in [1.165, 1.54) is 16.3 Å². The van der Waals surface area contributed by atoms with Crippen LogP contribution in [0.25, 0.3) is 0 Å². The topological polar surface area (TPSA) is 85.6 Å². The van der Waals surface area contributed by atoms with E-state index >= 15 is 0 Å². The van der Waals surface area contributed by atoms with E-state index < -0.39 is 0 Å². The third-order valence-corrected chi connectivity index (χ3v) is 8.60. The van der Waals surface area contributed by atoms with Crippen molar-refractivity contribution in [1.82, 2.24) is 9.80 Å². The molecule has 3 fully saturated rings. The third-order valence-electron chi connectivity index (χ3n) is 8.60. The summed E-state index contributed by atoms with van der Waals surface area (Å²) >= 11 is 0. The van der Waals surface area contributed by atoms with Crippen LogP contribution in [-0.2, 0) is 11.3 Å². The first kappa shape index (κ1) is 27.0. The number of nitrogen functional groups attached to an aromatic ring is 1. The van der Waals surface area contributed by atoms with Gasteiger partial charge in [-0.15, -0.1) is 0 Å². The zero-order chi connectivity index (χ0) is 28.5. The number of urea groups is 1. The molecule has 9 heteroatoms. The number of aryl methyl sites for hydroxylation is 1. The Kier molecular flexibility index (Phi) is 7.45. The number of carbonyl (C=O) groups is 2. The van der Waals surface area contributed by atoms with Gasteiger partial charge >= 0.3 is 6.03 Å². The van der Waals surface area contributed by atoms with E-state index in [0.29, 0.717) is 19.0 Å². The number of nitrogens with zero attached hydrogens (tertiary/aromatic N) is 5. The van der Waals surface area contributed by atoms with E-state index in [4.69, 9.17) is 10.5 Å². The summed E-state index contributed by atoms with van der Waals surface area (Å²) in [7, 11) is 1.62. The molecular formula is C32H38N6O3. The molecule has 41 heavy (non-hydrogen) atoms. The van der Waals surface area contributed by atoms with Gasteiger partial charge in [0.2, 0.25) is 5.91 Å². The SMILES string of the molecule is COc1ccc(CN2C(=O)CCN(c3ccc(N4CCN(C5CN(c6ccc(N)cc6)C5)CC4)cc3C)C2=O)cc1. The Morgan fingerprint density at radius 1 is 0.829 bits per heavy atom. The number of imide groups is 1. The van der Waals surface area contributed by atoms with Gasteiger partial charge in [-0.3, -0.25) is 19.5 Å². The Morgan fingerprint density at radius 2 is 1.51 bits per heavy atom. The summed E-state index contributed by atoms with van der Waals surface area (Å²) in [5.74, 6) is 0.602. The number of ether oxygens (including phenoxy) is 1. The van der Waals surface area contributed by atoms with Crippen LogP contribution in [-0.4, -0.2) is 80.7 Å². The van der Waals surface area contributed by atoms with E-state index in [2.05, 4.69) is 39.0 Å². The van der Waals surface area contributed by atoms with Gasteiger partial charge in [-0.25, -0.2) is 4.79 Å². The zero-order valence-corrected chi connectivity index (χ0v) is 23.8. The number of benzene rings is 3. The van der Waals surface area contributed by atoms with Gasteiger partial charge in [0.05, 0.1) is 13.7 Å². The minimum absolute atomic E-state index is 0.141. The van der Waals surface area contributed by atoms with E-state index in [1.807, 2.05) is 49.4 Å². The maximum Gasteiger partial charge on any atom is 0.331 e. The van der Waals surface area contributed by atoms with Crippen LogP contribution in [0.5, 0.6) is 5.75 Å². The quantitative estimate of drug-likeness (QED) is 0.443. The number of nitrogens with two attached hydrogens (primary N) is 1. The Balaban J connectivity index is 1.05. The Bertz CT molecular complexity index is 1400. The van der Waals surface area contributed by atoms with Gasteiger partial charge in [0.25, 0.3) is 0 Å². The fourth-order valence-electron chi connectivity index (χ4n) is 6.05. The van der Waals surface area contributed by atoms with Gasteiger partial charge in [0.1, 0.15) is 5.75 Å². The summed E-state index contributed by atoms with van der Waals surface area (Å²) in [6, 6.07) is 22.2. The number of carbonyl (C=O) groups excluding carboxylic acids is 2. The molecule has 3 aromatic carbocycles. The molecule has 9 nitrogen and oxygen atoms in total. The second kappa shape index (κ2) is 11.3. The molecule has 6 rings (SSSR count). The van der Waals surface area contributed by atoms with Gasteiger partial charge in [0, 0.05) is 81.0 Å². The van der Waals surface area contributed by atoms with Crippen molar-refractivity contribution in [3.05, 3.63) is 77.9 Å². The fourth-order valence-corrected chi connectivity index (χ4v) is 6.05. The van der Waals surface area contributed by atoms with E-state index in [-0.39, 0.29) is 18.5 Å². The maximum atomic E-state index is 13.4. The van der Waals surface area contributed by atoms with Crippen LogP contribution >= 0.6 is 0 Å². The molecule has 3 aliphatic rings. The summed E-state index contributed by atoms with van der Waals surface area (Å²) < 4.78 is 5.22. The summed E-state index contributed by atoms with van der Waals surface area (Å²) in [4.78, 5) is 36.7. The highest BCUT2D eigenvalue weighted by molar-refractivity contribution is 6.06. The highest BCUT2D eigenvalue weighted by Gasteiger charge is 2.35. The molecule has 0 radical (unpaired) electrons. The van der Waals surface area contributed by atoms with Gasteiger partial charge in [-0.1, -0.05) is 12.1 Å². The van der Waals surface area contributed by atoms with Crippen LogP contribution in [0.2, 0.25) is 0 Å². The van der Waals surface area contributed by atoms with Gasteiger partial charge in [-0.05, 0) is 72.6 Å². The third kappa shape index (κ3) is 5.54. The van der Waals surface area contributed by atoms with Crippen LogP contribution < -0.4 is 25.2 Å². The van der Waals surface area contributed by atoms with E-state index in [1.54, 1.807) is 12.0 Å². The van der Waals surface area contributed by atoms with Crippen molar-refractivity contribution in [2.75, 3.05) is 73.4 Å². The first-order valence-electron chi connectivity index (χ1n) is 14.3. The van der Waals surface area contributed by atoms with Crippen LogP contribution in [0.1, 0.15) is 17.5 Å². The molecule has 0 saturated carbocycles. The van der Waals surface area contributed by atoms with Crippen LogP contribution in [0.15, 0.2) is 66.7 Å². The molecule has 3 heterocycles. The Hall–Kier alpha value is -4.24. The molecule has 0 aliphatic carbocycles. The highest BCUT2D eigenvalue weighted by Crippen LogP contribution is 2.31. The molecule has 0 aromatic heterocycles. The summed E-state index contributed by atoms with van der Waals surface area (Å²) in [5, 5.41) is 0. The normalized spacial score (nSPS) is 18.6. The number of amides is 3. The van der Waals surface area contributed by atoms with Crippen molar-refractivity contribution in [3.8, 4) is 5.75 Å². The lowest BCUT2D eigenvalue weighted by molar-refractivity contribution is -0.129. The van der Waals surface area contributed by atoms with Crippen molar-refractivity contribution < 1.29 is 14.3 Å². The van der Waals surface area contributed by atoms with E-state index in [9.17, 15) is 9.59 Å². The smallest absolute Gasteiger partial charge is 0.331 e. The molecule has 3 amide bonds. The van der Waals surface area contributed by atoms with Crippen molar-refractivity contribution >= 4 is 34.7 Å². The molecule has 0 atom stereocenters. The van der Waals surface area contributed by atoms with Crippen molar-refractivity contribution in [3.63, 3.8) is 0 Å². The first-order valence-corrected chi connectivity index (χ1v) is 14.3. The molecule has 0 spiro atoms. The number of anilines is 4. The molecule has 0 bridgehead atoms. The summed E-state index contributed by atoms with van der Waals surface area (Å²) in [5.41, 5.74) is 11.8. The van der Waals surface area contributed by atoms with Gasteiger partial charge in [-0.2, -0.15) is 0 Å². The van der Waals surface area contributed by atoms with Gasteiger partial charge < -0.3 is 20.3 Å². The highest BCUT2D eigenvalue weighted by atomic mass is 16.5. The average molecular weight is 555 g/mol. The van der Waals surface area contributed by atoms with Crippen LogP contribution in [0.3, 0.4) is 0 Å². The molecule has 2 N–H and O–H groups in total. The first-order chi connectivity index (χ1) is 19.9. The number of rotatable bonds is 7. The van der Waals surface area contributed by atoms with Gasteiger partial charge in [0.15, 0.2) is 0 Å². The predicted molar refractivity (Wildman–Crippen MR) is 163 cm³/mol. The molecule has 0 unspecified atom stereocenters. The summed E-state index contributed by atoms with van der Waals surface area (Å²) in [6.45, 7) is 8.82. The second-order valence-electron chi connectivity index (χ2n) is 11.2. The Labute approximate surface area is 241 Å². The average Bonchev–Trinajstić information content (AvgIpc) is 2.96. The largest absolute Gasteiger partial charge is 0.497 e. The number of hydrogen-bond donors (Lipinski definition) is 1. The lowest BCUT2D eigenvalue weighted by Gasteiger charge is -2.49. The minimum Gasteiger partial charge on any atom is -0.497 e. The summed E-state index contributed by atoms with van der Waals surface area (Å²) in [6.07, 6.45) is 0.308. The lowest BCUT2D eigenvalue weighted by Crippen LogP contribution is -2.63. The molecule has 3 saturated heterocycles. The molecular weight excluding hydrogens is 516 g/mol. The minimum atomic E-state index is -0.268. The molecule has 3 aromatic rings. The maximum absolute atomic E-state index is 13.4. The monoisotopic (exact) mass is 554 g/mol.